The molecule has 8 heteroatoms. The van der Waals surface area contributed by atoms with Crippen LogP contribution in [0.15, 0.2) is 30.3 Å². The summed E-state index contributed by atoms with van der Waals surface area (Å²) >= 11 is 0. The lowest BCUT2D eigenvalue weighted by molar-refractivity contribution is -0.117. The number of primary amides is 1. The fourth-order valence-electron chi connectivity index (χ4n) is 1.18. The molecule has 7 nitrogen and oxygen atoms in total. The van der Waals surface area contributed by atoms with Crippen molar-refractivity contribution in [3.8, 4) is 0 Å². The van der Waals surface area contributed by atoms with E-state index in [1.165, 1.54) is 24.3 Å². The van der Waals surface area contributed by atoms with Crippen molar-refractivity contribution in [3.05, 3.63) is 30.3 Å². The first-order valence-corrected chi connectivity index (χ1v) is 5.96. The Bertz CT molecular complexity index is 526. The number of nitrogens with two attached hydrogens (primary N) is 1. The van der Waals surface area contributed by atoms with Crippen molar-refractivity contribution in [2.75, 3.05) is 4.31 Å². The Hall–Kier alpha value is -2.09. The number of hydrogen-bond acceptors (Lipinski definition) is 4. The number of nitrogens with zero attached hydrogens (tertiary/aromatic N) is 1. The molecule has 3 N–H and O–H groups in total. The smallest absolute Gasteiger partial charge is 0.334 e. The number of benzene rings is 1. The molecule has 0 bridgehead atoms. The minimum atomic E-state index is -4.31. The first-order chi connectivity index (χ1) is 7.84. The molecule has 0 saturated carbocycles. The predicted octanol–water partition coefficient (Wildman–Crippen LogP) is -0.0474. The summed E-state index contributed by atoms with van der Waals surface area (Å²) in [6, 6.07) is 6.27. The van der Waals surface area contributed by atoms with Crippen molar-refractivity contribution in [1.82, 2.24) is 4.72 Å². The van der Waals surface area contributed by atoms with E-state index >= 15 is 0 Å². The summed E-state index contributed by atoms with van der Waals surface area (Å²) in [7, 11) is -4.31. The highest BCUT2D eigenvalue weighted by Crippen LogP contribution is 2.15. The first kappa shape index (κ1) is 13.0. The van der Waals surface area contributed by atoms with E-state index in [9.17, 15) is 18.0 Å². The molecule has 0 radical (unpaired) electrons. The zero-order valence-corrected chi connectivity index (χ0v) is 9.77. The molecule has 0 saturated heterocycles. The van der Waals surface area contributed by atoms with Crippen molar-refractivity contribution in [2.24, 2.45) is 5.73 Å². The maximum Gasteiger partial charge on any atom is 0.334 e. The van der Waals surface area contributed by atoms with Gasteiger partial charge in [-0.3, -0.25) is 4.79 Å². The highest BCUT2D eigenvalue weighted by molar-refractivity contribution is 7.92. The van der Waals surface area contributed by atoms with Gasteiger partial charge in [-0.25, -0.2) is 9.52 Å². The second-order valence-electron chi connectivity index (χ2n) is 3.10. The summed E-state index contributed by atoms with van der Waals surface area (Å²) in [6.45, 7) is 1.02. The van der Waals surface area contributed by atoms with Gasteiger partial charge in [-0.2, -0.15) is 12.7 Å². The van der Waals surface area contributed by atoms with Crippen LogP contribution < -0.4 is 14.8 Å². The van der Waals surface area contributed by atoms with Gasteiger partial charge in [0.2, 0.25) is 5.91 Å². The normalized spacial score (nSPS) is 10.6. The maximum absolute atomic E-state index is 11.7. The monoisotopic (exact) mass is 257 g/mol. The van der Waals surface area contributed by atoms with Crippen molar-refractivity contribution in [3.63, 3.8) is 0 Å². The van der Waals surface area contributed by atoms with E-state index in [0.29, 0.717) is 4.31 Å². The molecule has 0 aliphatic heterocycles. The topological polar surface area (TPSA) is 110 Å². The summed E-state index contributed by atoms with van der Waals surface area (Å²) in [4.78, 5) is 21.9. The molecule has 0 aliphatic carbocycles. The SMILES string of the molecule is CC(=O)NS(=O)(=O)N(C(N)=O)c1ccccc1. The van der Waals surface area contributed by atoms with E-state index in [2.05, 4.69) is 0 Å². The van der Waals surface area contributed by atoms with Gasteiger partial charge in [0.25, 0.3) is 0 Å². The van der Waals surface area contributed by atoms with Gasteiger partial charge in [-0.15, -0.1) is 0 Å². The maximum atomic E-state index is 11.7. The third-order valence-corrected chi connectivity index (χ3v) is 3.12. The Labute approximate surface area is 98.4 Å². The van der Waals surface area contributed by atoms with Crippen LogP contribution in [0, 0.1) is 0 Å². The summed E-state index contributed by atoms with van der Waals surface area (Å²) in [6.07, 6.45) is 0. The number of urea groups is 1. The molecular weight excluding hydrogens is 246 g/mol. The van der Waals surface area contributed by atoms with Crippen LogP contribution in [0.3, 0.4) is 0 Å². The van der Waals surface area contributed by atoms with Gasteiger partial charge in [-0.05, 0) is 12.1 Å². The van der Waals surface area contributed by atoms with Gasteiger partial charge in [-0.1, -0.05) is 18.2 Å². The average Bonchev–Trinajstić information content (AvgIpc) is 2.15. The quantitative estimate of drug-likeness (QED) is 0.791. The van der Waals surface area contributed by atoms with Crippen LogP contribution in [0.5, 0.6) is 0 Å². The van der Waals surface area contributed by atoms with Gasteiger partial charge in [0.05, 0.1) is 5.69 Å². The van der Waals surface area contributed by atoms with Crippen LogP contribution >= 0.6 is 0 Å². The lowest BCUT2D eigenvalue weighted by Crippen LogP contribution is -2.48. The Morgan fingerprint density at radius 2 is 1.76 bits per heavy atom. The molecule has 0 aliphatic rings. The number of nitrogens with one attached hydrogen (secondary N) is 1. The Morgan fingerprint density at radius 3 is 2.18 bits per heavy atom. The highest BCUT2D eigenvalue weighted by Gasteiger charge is 2.27. The molecule has 0 unspecified atom stereocenters. The summed E-state index contributed by atoms with van der Waals surface area (Å²) in [5.41, 5.74) is 5.04. The molecule has 92 valence electrons. The molecule has 1 rings (SSSR count). The van der Waals surface area contributed by atoms with Crippen LogP contribution in [0.4, 0.5) is 10.5 Å². The van der Waals surface area contributed by atoms with Crippen molar-refractivity contribution >= 4 is 27.8 Å². The summed E-state index contributed by atoms with van der Waals surface area (Å²) in [5, 5.41) is 0. The Morgan fingerprint density at radius 1 is 1.24 bits per heavy atom. The number of rotatable bonds is 3. The minimum absolute atomic E-state index is 0.0498. The molecular formula is C9H11N3O4S. The van der Waals surface area contributed by atoms with E-state index in [-0.39, 0.29) is 5.69 Å². The number of para-hydroxylation sites is 1. The van der Waals surface area contributed by atoms with Gasteiger partial charge in [0, 0.05) is 6.92 Å². The zero-order chi connectivity index (χ0) is 13.1. The van der Waals surface area contributed by atoms with Gasteiger partial charge in [0.15, 0.2) is 0 Å². The number of anilines is 1. The number of carbonyl (C=O) groups is 2. The van der Waals surface area contributed by atoms with E-state index in [0.717, 1.165) is 6.92 Å². The van der Waals surface area contributed by atoms with Crippen LogP contribution in [0.1, 0.15) is 6.92 Å². The fraction of sp³-hybridized carbons (Fsp3) is 0.111. The van der Waals surface area contributed by atoms with E-state index < -0.39 is 22.1 Å². The molecule has 0 aromatic heterocycles. The van der Waals surface area contributed by atoms with Gasteiger partial charge < -0.3 is 5.73 Å². The molecule has 3 amide bonds. The summed E-state index contributed by atoms with van der Waals surface area (Å²) < 4.78 is 25.3. The highest BCUT2D eigenvalue weighted by atomic mass is 32.2. The first-order valence-electron chi connectivity index (χ1n) is 4.52. The van der Waals surface area contributed by atoms with Crippen LogP contribution in [-0.4, -0.2) is 20.4 Å². The zero-order valence-electron chi connectivity index (χ0n) is 8.95. The molecule has 17 heavy (non-hydrogen) atoms. The van der Waals surface area contributed by atoms with Crippen molar-refractivity contribution in [1.29, 1.82) is 0 Å². The second kappa shape index (κ2) is 4.83. The molecule has 0 fully saturated rings. The predicted molar refractivity (Wildman–Crippen MR) is 61.2 cm³/mol. The van der Waals surface area contributed by atoms with Crippen LogP contribution in [0.25, 0.3) is 0 Å². The van der Waals surface area contributed by atoms with Crippen molar-refractivity contribution < 1.29 is 18.0 Å². The molecule has 0 spiro atoms. The molecule has 1 aromatic carbocycles. The van der Waals surface area contributed by atoms with Crippen LogP contribution in [0.2, 0.25) is 0 Å². The largest absolute Gasteiger partial charge is 0.350 e. The van der Waals surface area contributed by atoms with Gasteiger partial charge in [0.1, 0.15) is 0 Å². The number of carbonyl (C=O) groups excluding carboxylic acids is 2. The third-order valence-electron chi connectivity index (χ3n) is 1.70. The molecule has 0 atom stereocenters. The van der Waals surface area contributed by atoms with Crippen molar-refractivity contribution in [2.45, 2.75) is 6.92 Å². The standard InChI is InChI=1S/C9H11N3O4S/c1-7(13)11-17(15,16)12(9(10)14)8-5-3-2-4-6-8/h2-6H,1H3,(H2,10,14)(H,11,13). The van der Waals surface area contributed by atoms with E-state index in [1.54, 1.807) is 10.8 Å². The minimum Gasteiger partial charge on any atom is -0.350 e. The molecule has 1 aromatic rings. The molecule has 0 heterocycles. The average molecular weight is 257 g/mol. The van der Waals surface area contributed by atoms with Crippen LogP contribution in [-0.2, 0) is 15.0 Å². The summed E-state index contributed by atoms with van der Waals surface area (Å²) in [5.74, 6) is -0.813. The third kappa shape index (κ3) is 3.18. The second-order valence-corrected chi connectivity index (χ2v) is 4.62. The lowest BCUT2D eigenvalue weighted by Gasteiger charge is -2.19. The Kier molecular flexibility index (Phi) is 3.69. The Balaban J connectivity index is 3.20. The number of amides is 3. The fourth-order valence-corrected chi connectivity index (χ4v) is 2.27. The lowest BCUT2D eigenvalue weighted by atomic mass is 10.3. The number of hydrogen-bond donors (Lipinski definition) is 2. The van der Waals surface area contributed by atoms with Gasteiger partial charge >= 0.3 is 16.2 Å². The van der Waals surface area contributed by atoms with E-state index in [4.69, 9.17) is 5.73 Å². The van der Waals surface area contributed by atoms with E-state index in [1.807, 2.05) is 0 Å².